The first-order valence-corrected chi connectivity index (χ1v) is 17.0. The number of carbonyl (C=O) groups excluding carboxylic acids is 1. The van der Waals surface area contributed by atoms with Gasteiger partial charge in [0.25, 0.3) is 0 Å². The van der Waals surface area contributed by atoms with E-state index >= 15 is 0 Å². The molecule has 0 aliphatic heterocycles. The van der Waals surface area contributed by atoms with Gasteiger partial charge in [0.05, 0.1) is 11.1 Å². The predicted molar refractivity (Wildman–Crippen MR) is 193 cm³/mol. The summed E-state index contributed by atoms with van der Waals surface area (Å²) < 4.78 is 6.20. The van der Waals surface area contributed by atoms with Crippen molar-refractivity contribution >= 4 is 38.6 Å². The molecule has 0 spiro atoms. The minimum absolute atomic E-state index is 0. The Labute approximate surface area is 294 Å². The fourth-order valence-electron chi connectivity index (χ4n) is 6.56. The zero-order valence-electron chi connectivity index (χ0n) is 29.7. The molecular weight excluding hydrogens is 759 g/mol. The third-order valence-electron chi connectivity index (χ3n) is 11.1. The molecule has 1 radical (unpaired) electrons. The van der Waals surface area contributed by atoms with E-state index in [1.54, 1.807) is 0 Å². The first-order valence-electron chi connectivity index (χ1n) is 17.0. The van der Waals surface area contributed by atoms with Gasteiger partial charge in [0.2, 0.25) is 0 Å². The van der Waals surface area contributed by atoms with Crippen molar-refractivity contribution in [3.8, 4) is 11.3 Å². The van der Waals surface area contributed by atoms with Crippen LogP contribution in [0, 0.1) is 16.9 Å². The second-order valence-electron chi connectivity index (χ2n) is 14.4. The monoisotopic (exact) mass is 809 g/mol. The smallest absolute Gasteiger partial charge is 0.164 e. The fraction of sp³-hybridized carbons (Fsp3) is 0.429. The van der Waals surface area contributed by atoms with E-state index in [2.05, 4.69) is 76.2 Å². The third-order valence-corrected chi connectivity index (χ3v) is 11.1. The summed E-state index contributed by atoms with van der Waals surface area (Å²) >= 11 is 0. The van der Waals surface area contributed by atoms with E-state index < -0.39 is 0 Å². The van der Waals surface area contributed by atoms with Gasteiger partial charge in [-0.3, -0.25) is 9.78 Å². The van der Waals surface area contributed by atoms with Crippen LogP contribution in [0.25, 0.3) is 44.1 Å². The predicted octanol–water partition coefficient (Wildman–Crippen LogP) is 12.0. The summed E-state index contributed by atoms with van der Waals surface area (Å²) in [5.41, 5.74) is 8.01. The SMILES string of the molecule is CC(C)c1ccc2nc3c(cc2c1)C(C)(C)c1cccc2oc4cc[c-]c-3c4c12.CCC(C)(CC)C(=O)/C=C(\O)C(C)(CC)CC.[Ir]. The van der Waals surface area contributed by atoms with E-state index in [9.17, 15) is 9.90 Å². The Balaban J connectivity index is 0.000000242. The van der Waals surface area contributed by atoms with Crippen LogP contribution in [0.15, 0.2) is 70.8 Å². The molecule has 4 nitrogen and oxygen atoms in total. The van der Waals surface area contributed by atoms with Crippen molar-refractivity contribution in [3.05, 3.63) is 89.2 Å². The number of aliphatic hydroxyl groups excluding tert-OH is 1. The molecule has 0 atom stereocenters. The van der Waals surface area contributed by atoms with Crippen LogP contribution in [-0.4, -0.2) is 15.9 Å². The second-order valence-corrected chi connectivity index (χ2v) is 14.4. The van der Waals surface area contributed by atoms with E-state index in [-0.39, 0.29) is 47.9 Å². The minimum atomic E-state index is -0.337. The van der Waals surface area contributed by atoms with Crippen LogP contribution in [0.2, 0.25) is 0 Å². The zero-order valence-corrected chi connectivity index (χ0v) is 32.1. The number of furan rings is 1. The molecule has 2 heterocycles. The second kappa shape index (κ2) is 13.7. The molecule has 0 bridgehead atoms. The first kappa shape index (κ1) is 36.6. The molecule has 5 heteroatoms. The zero-order chi connectivity index (χ0) is 33.6. The molecule has 1 aliphatic carbocycles. The Morgan fingerprint density at radius 2 is 1.55 bits per heavy atom. The van der Waals surface area contributed by atoms with Gasteiger partial charge < -0.3 is 9.52 Å². The van der Waals surface area contributed by atoms with Crippen molar-refractivity contribution in [2.75, 3.05) is 0 Å². The number of ketones is 1. The van der Waals surface area contributed by atoms with Crippen LogP contribution in [-0.2, 0) is 30.3 Å². The summed E-state index contributed by atoms with van der Waals surface area (Å²) in [6, 6.07) is 22.8. The minimum Gasteiger partial charge on any atom is -0.512 e. The number of aromatic nitrogens is 1. The van der Waals surface area contributed by atoms with Gasteiger partial charge in [-0.05, 0) is 77.4 Å². The van der Waals surface area contributed by atoms with Crippen LogP contribution >= 0.6 is 0 Å². The van der Waals surface area contributed by atoms with E-state index in [1.807, 2.05) is 53.7 Å². The van der Waals surface area contributed by atoms with Crippen LogP contribution in [0.4, 0.5) is 0 Å². The summed E-state index contributed by atoms with van der Waals surface area (Å²) in [4.78, 5) is 17.4. The Kier molecular flexibility index (Phi) is 10.6. The van der Waals surface area contributed by atoms with Crippen molar-refractivity contribution in [2.24, 2.45) is 10.8 Å². The number of allylic oxidation sites excluding steroid dienone is 2. The normalized spacial score (nSPS) is 14.1. The van der Waals surface area contributed by atoms with Gasteiger partial charge in [0, 0.05) is 42.4 Å². The van der Waals surface area contributed by atoms with E-state index in [0.717, 1.165) is 59.0 Å². The molecule has 0 saturated heterocycles. The van der Waals surface area contributed by atoms with Crippen LogP contribution in [0.5, 0.6) is 0 Å². The summed E-state index contributed by atoms with van der Waals surface area (Å²) in [5, 5.41) is 13.7. The van der Waals surface area contributed by atoms with Crippen molar-refractivity contribution in [2.45, 2.75) is 106 Å². The molecule has 251 valence electrons. The summed E-state index contributed by atoms with van der Waals surface area (Å²) in [7, 11) is 0. The summed E-state index contributed by atoms with van der Waals surface area (Å²) in [6.45, 7) is 21.1. The van der Waals surface area contributed by atoms with Crippen molar-refractivity contribution in [1.82, 2.24) is 4.98 Å². The molecule has 0 amide bonds. The van der Waals surface area contributed by atoms with Gasteiger partial charge in [-0.1, -0.05) is 111 Å². The van der Waals surface area contributed by atoms with Gasteiger partial charge in [0.15, 0.2) is 5.78 Å². The average Bonchev–Trinajstić information content (AvgIpc) is 3.42. The number of nitrogens with zero attached hydrogens (tertiary/aromatic N) is 1. The Hall–Kier alpha value is -3.27. The Morgan fingerprint density at radius 1 is 0.915 bits per heavy atom. The molecule has 0 unspecified atom stereocenters. The molecule has 1 N–H and O–H groups in total. The number of benzene rings is 3. The molecule has 0 saturated carbocycles. The molecule has 47 heavy (non-hydrogen) atoms. The van der Waals surface area contributed by atoms with E-state index in [0.29, 0.717) is 5.92 Å². The Bertz CT molecular complexity index is 1950. The molecule has 2 aromatic heterocycles. The van der Waals surface area contributed by atoms with Crippen molar-refractivity contribution < 1.29 is 34.4 Å². The number of hydrogen-bond acceptors (Lipinski definition) is 4. The van der Waals surface area contributed by atoms with Gasteiger partial charge in [-0.2, -0.15) is 0 Å². The number of carbonyl (C=O) groups is 1. The summed E-state index contributed by atoms with van der Waals surface area (Å²) in [6.07, 6.45) is 4.75. The van der Waals surface area contributed by atoms with Crippen molar-refractivity contribution in [3.63, 3.8) is 0 Å². The molecule has 6 rings (SSSR count). The maximum absolute atomic E-state index is 12.2. The third kappa shape index (κ3) is 6.34. The summed E-state index contributed by atoms with van der Waals surface area (Å²) in [5.74, 6) is 0.780. The number of fused-ring (bicyclic) bond motifs is 3. The quantitative estimate of drug-likeness (QED) is 0.0963. The van der Waals surface area contributed by atoms with Gasteiger partial charge in [0.1, 0.15) is 11.3 Å². The average molecular weight is 809 g/mol. The van der Waals surface area contributed by atoms with Crippen LogP contribution in [0.3, 0.4) is 0 Å². The molecule has 1 aliphatic rings. The van der Waals surface area contributed by atoms with Crippen molar-refractivity contribution in [1.29, 1.82) is 0 Å². The topological polar surface area (TPSA) is 63.3 Å². The van der Waals surface area contributed by atoms with Gasteiger partial charge in [-0.15, -0.1) is 17.7 Å². The molecule has 5 aromatic rings. The van der Waals surface area contributed by atoms with E-state index in [1.165, 1.54) is 33.5 Å². The number of rotatable bonds is 8. The maximum Gasteiger partial charge on any atom is 0.164 e. The maximum atomic E-state index is 12.2. The fourth-order valence-corrected chi connectivity index (χ4v) is 6.56. The Morgan fingerprint density at radius 3 is 2.17 bits per heavy atom. The number of hydrogen-bond donors (Lipinski definition) is 1. The molecular formula is C42H50IrNO3-. The van der Waals surface area contributed by atoms with Gasteiger partial charge >= 0.3 is 0 Å². The van der Waals surface area contributed by atoms with E-state index in [4.69, 9.17) is 9.40 Å². The molecule has 0 fully saturated rings. The largest absolute Gasteiger partial charge is 0.512 e. The number of pyridine rings is 1. The standard InChI is InChI=1S/C27H22NO.C15H28O2.Ir/c1-15(2)16-11-12-21-17(13-16)14-20-26(28-21)18-7-5-9-22-24(18)25-19(27(20,3)4)8-6-10-23(25)29-22;1-7-14(5,8-2)12(16)11-13(17)15(6,9-3)10-4;/h5-6,8-15H,1-4H3;11,16H,7-10H2,1-6H3;/q-1;;/b;12-11-;. The van der Waals surface area contributed by atoms with Crippen LogP contribution in [0.1, 0.15) is 118 Å². The van der Waals surface area contributed by atoms with Gasteiger partial charge in [-0.25, -0.2) is 0 Å². The van der Waals surface area contributed by atoms with Crippen LogP contribution < -0.4 is 0 Å². The number of aliphatic hydroxyl groups is 1. The molecule has 3 aromatic carbocycles. The first-order chi connectivity index (χ1) is 21.7.